The number of thiazole rings is 1. The normalized spacial score (nSPS) is 11.0. The van der Waals surface area contributed by atoms with E-state index in [2.05, 4.69) is 40.1 Å². The number of thiophene rings is 1. The molecule has 0 radical (unpaired) electrons. The largest absolute Gasteiger partial charge is 0.298 e. The summed E-state index contributed by atoms with van der Waals surface area (Å²) in [5, 5.41) is 5.96. The van der Waals surface area contributed by atoms with Gasteiger partial charge in [0.15, 0.2) is 5.13 Å². The Kier molecular flexibility index (Phi) is 5.76. The molecule has 3 rings (SSSR count). The van der Waals surface area contributed by atoms with Gasteiger partial charge < -0.3 is 0 Å². The van der Waals surface area contributed by atoms with Crippen LogP contribution < -0.4 is 5.32 Å². The summed E-state index contributed by atoms with van der Waals surface area (Å²) in [4.78, 5) is 19.1. The highest BCUT2D eigenvalue weighted by atomic mass is 79.9. The van der Waals surface area contributed by atoms with Gasteiger partial charge in [0, 0.05) is 21.1 Å². The van der Waals surface area contributed by atoms with Crippen molar-refractivity contribution in [2.75, 3.05) is 5.32 Å². The van der Waals surface area contributed by atoms with Gasteiger partial charge >= 0.3 is 0 Å². The van der Waals surface area contributed by atoms with Gasteiger partial charge in [-0.15, -0.1) is 34.4 Å². The van der Waals surface area contributed by atoms with Crippen LogP contribution in [0.5, 0.6) is 0 Å². The second-order valence-corrected chi connectivity index (χ2v) is 10.3. The fraction of sp³-hybridized carbons (Fsp3) is 0.176. The molecule has 0 unspecified atom stereocenters. The molecule has 7 heteroatoms. The number of thioether (sulfide) groups is 1. The number of benzene rings is 1. The van der Waals surface area contributed by atoms with E-state index in [0.717, 1.165) is 14.4 Å². The molecule has 0 aliphatic heterocycles. The topological polar surface area (TPSA) is 42.0 Å². The molecular weight excluding hydrogens is 424 g/mol. The summed E-state index contributed by atoms with van der Waals surface area (Å²) in [7, 11) is 0. The Morgan fingerprint density at radius 2 is 1.96 bits per heavy atom. The van der Waals surface area contributed by atoms with Crippen LogP contribution in [0.25, 0.3) is 10.6 Å². The van der Waals surface area contributed by atoms with E-state index in [1.807, 2.05) is 41.8 Å². The number of nitrogens with zero attached hydrogens (tertiary/aromatic N) is 1. The number of hydrogen-bond acceptors (Lipinski definition) is 5. The Labute approximate surface area is 161 Å². The smallest absolute Gasteiger partial charge is 0.257 e. The highest BCUT2D eigenvalue weighted by molar-refractivity contribution is 9.11. The summed E-state index contributed by atoms with van der Waals surface area (Å²) < 4.78 is 1.07. The standard InChI is InChI=1S/C17H15BrN2OS3/c1-10(2)23-12-5-3-11(4-6-12)16(21)20-17-19-13(9-22-17)14-7-8-15(18)24-14/h3-10H,1-2H3,(H,19,20,21). The maximum Gasteiger partial charge on any atom is 0.257 e. The van der Waals surface area contributed by atoms with E-state index in [-0.39, 0.29) is 5.91 Å². The molecule has 1 N–H and O–H groups in total. The van der Waals surface area contributed by atoms with Crippen molar-refractivity contribution >= 4 is 61.4 Å². The maximum absolute atomic E-state index is 12.3. The Morgan fingerprint density at radius 1 is 1.21 bits per heavy atom. The summed E-state index contributed by atoms with van der Waals surface area (Å²) in [6.07, 6.45) is 0. The van der Waals surface area contributed by atoms with Gasteiger partial charge in [-0.05, 0) is 52.3 Å². The first-order valence-corrected chi connectivity index (χ1v) is 10.7. The minimum atomic E-state index is -0.135. The molecule has 0 saturated carbocycles. The molecule has 3 aromatic rings. The molecule has 0 atom stereocenters. The molecule has 2 heterocycles. The van der Waals surface area contributed by atoms with Gasteiger partial charge in [-0.1, -0.05) is 13.8 Å². The van der Waals surface area contributed by atoms with Gasteiger partial charge in [0.05, 0.1) is 14.4 Å². The van der Waals surface area contributed by atoms with Gasteiger partial charge in [-0.25, -0.2) is 4.98 Å². The molecule has 3 nitrogen and oxygen atoms in total. The van der Waals surface area contributed by atoms with Crippen LogP contribution in [0.15, 0.2) is 50.5 Å². The van der Waals surface area contributed by atoms with E-state index in [0.29, 0.717) is 15.9 Å². The third-order valence-corrected chi connectivity index (χ3v) is 6.46. The van der Waals surface area contributed by atoms with Crippen molar-refractivity contribution in [2.45, 2.75) is 24.0 Å². The number of hydrogen-bond donors (Lipinski definition) is 1. The summed E-state index contributed by atoms with van der Waals surface area (Å²) >= 11 is 8.29. The number of carbonyl (C=O) groups is 1. The van der Waals surface area contributed by atoms with Gasteiger partial charge in [0.2, 0.25) is 0 Å². The predicted molar refractivity (Wildman–Crippen MR) is 109 cm³/mol. The van der Waals surface area contributed by atoms with E-state index >= 15 is 0 Å². The van der Waals surface area contributed by atoms with Crippen LogP contribution >= 0.6 is 50.4 Å². The average Bonchev–Trinajstić information content (AvgIpc) is 3.16. The van der Waals surface area contributed by atoms with Crippen molar-refractivity contribution in [3.8, 4) is 10.6 Å². The molecule has 0 aliphatic carbocycles. The third kappa shape index (κ3) is 4.47. The van der Waals surface area contributed by atoms with Gasteiger partial charge in [0.25, 0.3) is 5.91 Å². The zero-order chi connectivity index (χ0) is 17.1. The van der Waals surface area contributed by atoms with Crippen molar-refractivity contribution in [1.82, 2.24) is 4.98 Å². The molecule has 0 fully saturated rings. The highest BCUT2D eigenvalue weighted by Gasteiger charge is 2.11. The molecule has 0 bridgehead atoms. The SMILES string of the molecule is CC(C)Sc1ccc(C(=O)Nc2nc(-c3ccc(Br)s3)cs2)cc1. The highest BCUT2D eigenvalue weighted by Crippen LogP contribution is 2.33. The molecule has 0 spiro atoms. The monoisotopic (exact) mass is 438 g/mol. The van der Waals surface area contributed by atoms with Crippen molar-refractivity contribution in [1.29, 1.82) is 0 Å². The number of anilines is 1. The van der Waals surface area contributed by atoms with E-state index in [9.17, 15) is 4.79 Å². The third-order valence-electron chi connectivity index (χ3n) is 3.04. The molecule has 1 amide bonds. The Balaban J connectivity index is 1.67. The van der Waals surface area contributed by atoms with E-state index in [4.69, 9.17) is 0 Å². The summed E-state index contributed by atoms with van der Waals surface area (Å²) in [6.45, 7) is 4.30. The van der Waals surface area contributed by atoms with E-state index < -0.39 is 0 Å². The lowest BCUT2D eigenvalue weighted by Gasteiger charge is -2.06. The molecule has 0 aliphatic rings. The average molecular weight is 439 g/mol. The summed E-state index contributed by atoms with van der Waals surface area (Å²) in [6, 6.07) is 11.7. The molecule has 2 aromatic heterocycles. The van der Waals surface area contributed by atoms with Crippen molar-refractivity contribution in [3.63, 3.8) is 0 Å². The lowest BCUT2D eigenvalue weighted by Crippen LogP contribution is -2.11. The molecular formula is C17H15BrN2OS3. The Bertz CT molecular complexity index is 840. The molecule has 1 aromatic carbocycles. The fourth-order valence-corrected chi connectivity index (χ4v) is 4.99. The van der Waals surface area contributed by atoms with Crippen LogP contribution in [0.1, 0.15) is 24.2 Å². The van der Waals surface area contributed by atoms with Crippen molar-refractivity contribution in [3.05, 3.63) is 51.1 Å². The van der Waals surface area contributed by atoms with Crippen LogP contribution in [0.4, 0.5) is 5.13 Å². The zero-order valence-electron chi connectivity index (χ0n) is 13.1. The molecule has 24 heavy (non-hydrogen) atoms. The van der Waals surface area contributed by atoms with Crippen molar-refractivity contribution in [2.24, 2.45) is 0 Å². The minimum absolute atomic E-state index is 0.135. The molecule has 124 valence electrons. The van der Waals surface area contributed by atoms with Gasteiger partial charge in [0.1, 0.15) is 0 Å². The fourth-order valence-electron chi connectivity index (χ4n) is 2.02. The van der Waals surface area contributed by atoms with Crippen LogP contribution in [-0.2, 0) is 0 Å². The van der Waals surface area contributed by atoms with Crippen LogP contribution in [0.2, 0.25) is 0 Å². The lowest BCUT2D eigenvalue weighted by molar-refractivity contribution is 0.102. The predicted octanol–water partition coefficient (Wildman–Crippen LogP) is 6.39. The maximum atomic E-state index is 12.3. The second kappa shape index (κ2) is 7.82. The first-order chi connectivity index (χ1) is 11.5. The second-order valence-electron chi connectivity index (χ2n) is 5.29. The van der Waals surface area contributed by atoms with E-state index in [1.54, 1.807) is 23.1 Å². The minimum Gasteiger partial charge on any atom is -0.298 e. The number of nitrogens with one attached hydrogen (secondary N) is 1. The van der Waals surface area contributed by atoms with Gasteiger partial charge in [-0.3, -0.25) is 10.1 Å². The molecule has 0 saturated heterocycles. The quantitative estimate of drug-likeness (QED) is 0.469. The number of amides is 1. The van der Waals surface area contributed by atoms with E-state index in [1.165, 1.54) is 16.2 Å². The number of rotatable bonds is 5. The lowest BCUT2D eigenvalue weighted by atomic mass is 10.2. The van der Waals surface area contributed by atoms with Crippen LogP contribution in [0.3, 0.4) is 0 Å². The number of aromatic nitrogens is 1. The zero-order valence-corrected chi connectivity index (χ0v) is 17.1. The number of carbonyl (C=O) groups excluding carboxylic acids is 1. The van der Waals surface area contributed by atoms with Crippen LogP contribution in [0, 0.1) is 0 Å². The number of halogens is 1. The summed E-state index contributed by atoms with van der Waals surface area (Å²) in [5.41, 5.74) is 1.52. The van der Waals surface area contributed by atoms with Gasteiger partial charge in [-0.2, -0.15) is 0 Å². The Morgan fingerprint density at radius 3 is 2.58 bits per heavy atom. The Hall–Kier alpha value is -1.15. The first kappa shape index (κ1) is 17.7. The van der Waals surface area contributed by atoms with Crippen molar-refractivity contribution < 1.29 is 4.79 Å². The first-order valence-electron chi connectivity index (χ1n) is 7.30. The summed E-state index contributed by atoms with van der Waals surface area (Å²) in [5.74, 6) is -0.135. The van der Waals surface area contributed by atoms with Crippen LogP contribution in [-0.4, -0.2) is 16.1 Å².